The van der Waals surface area contributed by atoms with Crippen molar-refractivity contribution in [2.75, 3.05) is 13.2 Å². The van der Waals surface area contributed by atoms with Crippen LogP contribution < -0.4 is 0 Å². The molecule has 1 saturated heterocycles. The van der Waals surface area contributed by atoms with E-state index in [1.54, 1.807) is 0 Å². The lowest BCUT2D eigenvalue weighted by molar-refractivity contribution is 0.0151. The van der Waals surface area contributed by atoms with Crippen LogP contribution in [0.15, 0.2) is 0 Å². The molecule has 1 heterocycles. The second-order valence-electron chi connectivity index (χ2n) is 3.04. The van der Waals surface area contributed by atoms with Crippen molar-refractivity contribution in [2.24, 2.45) is 0 Å². The van der Waals surface area contributed by atoms with Gasteiger partial charge in [0, 0.05) is 13.2 Å². The van der Waals surface area contributed by atoms with Crippen LogP contribution in [0.25, 0.3) is 0 Å². The lowest BCUT2D eigenvalue weighted by Crippen LogP contribution is -2.27. The van der Waals surface area contributed by atoms with Crippen molar-refractivity contribution in [3.8, 4) is 0 Å². The summed E-state index contributed by atoms with van der Waals surface area (Å²) in [4.78, 5) is 0. The zero-order chi connectivity index (χ0) is 7.45. The summed E-state index contributed by atoms with van der Waals surface area (Å²) in [5.74, 6) is 0. The Bertz CT molecular complexity index is 93.4. The molecule has 1 atom stereocenters. The maximum atomic E-state index is 9.78. The summed E-state index contributed by atoms with van der Waals surface area (Å²) in [5.41, 5.74) is -0.420. The molecular formula is C8H16O2. The Morgan fingerprint density at radius 1 is 1.40 bits per heavy atom. The third kappa shape index (κ3) is 1.96. The largest absolute Gasteiger partial charge is 0.390 e. The fourth-order valence-electron chi connectivity index (χ4n) is 1.35. The van der Waals surface area contributed by atoms with Crippen LogP contribution in [0.1, 0.15) is 32.6 Å². The van der Waals surface area contributed by atoms with Gasteiger partial charge >= 0.3 is 0 Å². The highest BCUT2D eigenvalue weighted by Crippen LogP contribution is 2.23. The van der Waals surface area contributed by atoms with Crippen molar-refractivity contribution in [3.63, 3.8) is 0 Å². The molecule has 1 aliphatic heterocycles. The van der Waals surface area contributed by atoms with Gasteiger partial charge in [0.05, 0.1) is 5.60 Å². The molecule has 1 N–H and O–H groups in total. The van der Waals surface area contributed by atoms with Crippen LogP contribution in [-0.4, -0.2) is 23.9 Å². The molecular weight excluding hydrogens is 128 g/mol. The molecule has 60 valence electrons. The van der Waals surface area contributed by atoms with Gasteiger partial charge in [-0.3, -0.25) is 0 Å². The Kier molecular flexibility index (Phi) is 2.69. The molecule has 0 aromatic rings. The Morgan fingerprint density at radius 2 is 2.20 bits per heavy atom. The van der Waals surface area contributed by atoms with E-state index in [9.17, 15) is 5.11 Å². The minimum absolute atomic E-state index is 0.420. The monoisotopic (exact) mass is 144 g/mol. The van der Waals surface area contributed by atoms with Crippen LogP contribution in [0.4, 0.5) is 0 Å². The van der Waals surface area contributed by atoms with Crippen molar-refractivity contribution in [2.45, 2.75) is 38.2 Å². The first-order valence-corrected chi connectivity index (χ1v) is 4.07. The minimum atomic E-state index is -0.420. The SMILES string of the molecule is CCC1(O)CCCOCC1. The first-order valence-electron chi connectivity index (χ1n) is 4.07. The normalized spacial score (nSPS) is 35.4. The zero-order valence-electron chi connectivity index (χ0n) is 6.60. The molecule has 1 rings (SSSR count). The maximum Gasteiger partial charge on any atom is 0.0668 e. The predicted molar refractivity (Wildman–Crippen MR) is 39.9 cm³/mol. The van der Waals surface area contributed by atoms with Crippen molar-refractivity contribution < 1.29 is 9.84 Å². The Morgan fingerprint density at radius 3 is 2.90 bits per heavy atom. The van der Waals surface area contributed by atoms with Crippen LogP contribution in [0, 0.1) is 0 Å². The highest BCUT2D eigenvalue weighted by atomic mass is 16.5. The number of hydrogen-bond donors (Lipinski definition) is 1. The Balaban J connectivity index is 2.41. The molecule has 10 heavy (non-hydrogen) atoms. The van der Waals surface area contributed by atoms with Crippen molar-refractivity contribution >= 4 is 0 Å². The van der Waals surface area contributed by atoms with E-state index in [4.69, 9.17) is 4.74 Å². The summed E-state index contributed by atoms with van der Waals surface area (Å²) in [6.45, 7) is 3.58. The van der Waals surface area contributed by atoms with Crippen molar-refractivity contribution in [3.05, 3.63) is 0 Å². The van der Waals surface area contributed by atoms with E-state index in [0.717, 1.165) is 38.9 Å². The van der Waals surface area contributed by atoms with E-state index in [1.165, 1.54) is 0 Å². The topological polar surface area (TPSA) is 29.5 Å². The summed E-state index contributed by atoms with van der Waals surface area (Å²) in [7, 11) is 0. The molecule has 0 aromatic carbocycles. The van der Waals surface area contributed by atoms with Crippen LogP contribution in [-0.2, 0) is 4.74 Å². The van der Waals surface area contributed by atoms with Gasteiger partial charge in [-0.05, 0) is 25.7 Å². The van der Waals surface area contributed by atoms with E-state index in [1.807, 2.05) is 6.92 Å². The van der Waals surface area contributed by atoms with Gasteiger partial charge in [0.25, 0.3) is 0 Å². The molecule has 1 fully saturated rings. The van der Waals surface area contributed by atoms with Crippen LogP contribution >= 0.6 is 0 Å². The molecule has 0 aromatic heterocycles. The van der Waals surface area contributed by atoms with E-state index >= 15 is 0 Å². The zero-order valence-corrected chi connectivity index (χ0v) is 6.60. The van der Waals surface area contributed by atoms with Gasteiger partial charge in [-0.15, -0.1) is 0 Å². The maximum absolute atomic E-state index is 9.78. The van der Waals surface area contributed by atoms with E-state index in [0.29, 0.717) is 0 Å². The fraction of sp³-hybridized carbons (Fsp3) is 1.00. The summed E-state index contributed by atoms with van der Waals surface area (Å²) in [5, 5.41) is 9.78. The molecule has 0 bridgehead atoms. The molecule has 1 unspecified atom stereocenters. The van der Waals surface area contributed by atoms with Gasteiger partial charge in [-0.25, -0.2) is 0 Å². The smallest absolute Gasteiger partial charge is 0.0668 e. The minimum Gasteiger partial charge on any atom is -0.390 e. The highest BCUT2D eigenvalue weighted by Gasteiger charge is 2.25. The molecule has 0 amide bonds. The summed E-state index contributed by atoms with van der Waals surface area (Å²) in [6.07, 6.45) is 3.58. The predicted octanol–water partition coefficient (Wildman–Crippen LogP) is 1.33. The summed E-state index contributed by atoms with van der Waals surface area (Å²) < 4.78 is 5.23. The second kappa shape index (κ2) is 3.35. The van der Waals surface area contributed by atoms with E-state index in [2.05, 4.69) is 0 Å². The summed E-state index contributed by atoms with van der Waals surface area (Å²) >= 11 is 0. The molecule has 0 saturated carbocycles. The number of ether oxygens (including phenoxy) is 1. The van der Waals surface area contributed by atoms with Crippen molar-refractivity contribution in [1.29, 1.82) is 0 Å². The van der Waals surface area contributed by atoms with Gasteiger partial charge in [0.15, 0.2) is 0 Å². The van der Waals surface area contributed by atoms with Gasteiger partial charge < -0.3 is 9.84 Å². The third-order valence-corrected chi connectivity index (χ3v) is 2.30. The Hall–Kier alpha value is -0.0800. The van der Waals surface area contributed by atoms with E-state index in [-0.39, 0.29) is 0 Å². The quantitative estimate of drug-likeness (QED) is 0.601. The molecule has 0 spiro atoms. The van der Waals surface area contributed by atoms with Gasteiger partial charge in [-0.1, -0.05) is 6.92 Å². The fourth-order valence-corrected chi connectivity index (χ4v) is 1.35. The number of aliphatic hydroxyl groups is 1. The molecule has 2 heteroatoms. The second-order valence-corrected chi connectivity index (χ2v) is 3.04. The summed E-state index contributed by atoms with van der Waals surface area (Å²) in [6, 6.07) is 0. The van der Waals surface area contributed by atoms with E-state index < -0.39 is 5.60 Å². The average Bonchev–Trinajstić information content (AvgIpc) is 2.15. The highest BCUT2D eigenvalue weighted by molar-refractivity contribution is 4.77. The first-order chi connectivity index (χ1) is 4.77. The third-order valence-electron chi connectivity index (χ3n) is 2.30. The van der Waals surface area contributed by atoms with Crippen LogP contribution in [0.3, 0.4) is 0 Å². The number of rotatable bonds is 1. The Labute approximate surface area is 62.2 Å². The van der Waals surface area contributed by atoms with Crippen LogP contribution in [0.5, 0.6) is 0 Å². The standard InChI is InChI=1S/C8H16O2/c1-2-8(9)4-3-6-10-7-5-8/h9H,2-7H2,1H3. The molecule has 1 aliphatic rings. The molecule has 0 aliphatic carbocycles. The van der Waals surface area contributed by atoms with Gasteiger partial charge in [-0.2, -0.15) is 0 Å². The van der Waals surface area contributed by atoms with Gasteiger partial charge in [0.2, 0.25) is 0 Å². The molecule has 0 radical (unpaired) electrons. The van der Waals surface area contributed by atoms with Gasteiger partial charge in [0.1, 0.15) is 0 Å². The lowest BCUT2D eigenvalue weighted by Gasteiger charge is -2.23. The molecule has 2 nitrogen and oxygen atoms in total. The lowest BCUT2D eigenvalue weighted by atomic mass is 9.92. The van der Waals surface area contributed by atoms with Crippen molar-refractivity contribution in [1.82, 2.24) is 0 Å². The first kappa shape index (κ1) is 8.02. The van der Waals surface area contributed by atoms with Crippen LogP contribution in [0.2, 0.25) is 0 Å². The average molecular weight is 144 g/mol. The number of hydrogen-bond acceptors (Lipinski definition) is 2.